The Labute approximate surface area is 121 Å². The van der Waals surface area contributed by atoms with Crippen LogP contribution in [0.1, 0.15) is 73.6 Å². The van der Waals surface area contributed by atoms with E-state index in [0.717, 1.165) is 24.3 Å². The molecule has 0 spiro atoms. The first kappa shape index (κ1) is 18.3. The molecule has 0 saturated heterocycles. The maximum Gasteiger partial charge on any atom is 0.00614 e. The summed E-state index contributed by atoms with van der Waals surface area (Å²) in [6.07, 6.45) is 6.53. The fourth-order valence-corrected chi connectivity index (χ4v) is 3.04. The zero-order chi connectivity index (χ0) is 14.2. The summed E-state index contributed by atoms with van der Waals surface area (Å²) in [7, 11) is 0. The van der Waals surface area contributed by atoms with Crippen LogP contribution in [0.3, 0.4) is 0 Å². The van der Waals surface area contributed by atoms with E-state index in [4.69, 9.17) is 0 Å². The van der Waals surface area contributed by atoms with Crippen LogP contribution in [0, 0.1) is 23.2 Å². The lowest BCUT2D eigenvalue weighted by molar-refractivity contribution is 0.136. The van der Waals surface area contributed by atoms with E-state index < -0.39 is 0 Å². The van der Waals surface area contributed by atoms with E-state index in [1.165, 1.54) is 32.1 Å². The number of thiol groups is 1. The molecule has 0 bridgehead atoms. The number of nitrogens with one attached hydrogen (secondary N) is 1. The van der Waals surface area contributed by atoms with E-state index in [9.17, 15) is 0 Å². The molecule has 0 heterocycles. The molecule has 0 saturated carbocycles. The van der Waals surface area contributed by atoms with Crippen molar-refractivity contribution in [3.05, 3.63) is 0 Å². The molecule has 0 aromatic carbocycles. The highest BCUT2D eigenvalue weighted by atomic mass is 32.1. The summed E-state index contributed by atoms with van der Waals surface area (Å²) in [5, 5.41) is 0. The molecule has 1 N–H and O–H groups in total. The topological polar surface area (TPSA) is 12.0 Å². The van der Waals surface area contributed by atoms with Crippen molar-refractivity contribution in [1.29, 1.82) is 0 Å². The van der Waals surface area contributed by atoms with Crippen LogP contribution in [0.2, 0.25) is 0 Å². The highest BCUT2D eigenvalue weighted by Crippen LogP contribution is 2.39. The molecule has 0 aromatic heterocycles. The summed E-state index contributed by atoms with van der Waals surface area (Å²) in [6.45, 7) is 15.4. The fraction of sp³-hybridized carbons (Fsp3) is 1.00. The summed E-state index contributed by atoms with van der Waals surface area (Å²) in [5.41, 5.74) is 0.454. The van der Waals surface area contributed by atoms with Gasteiger partial charge in [-0.25, -0.2) is 0 Å². The Balaban J connectivity index is 4.37. The van der Waals surface area contributed by atoms with Crippen molar-refractivity contribution in [3.8, 4) is 0 Å². The molecule has 4 atom stereocenters. The van der Waals surface area contributed by atoms with Crippen LogP contribution in [0.25, 0.3) is 0 Å². The van der Waals surface area contributed by atoms with Crippen LogP contribution in [0.5, 0.6) is 0 Å². The summed E-state index contributed by atoms with van der Waals surface area (Å²) >= 11 is 4.12. The Morgan fingerprint density at radius 2 is 1.72 bits per heavy atom. The van der Waals surface area contributed by atoms with E-state index in [1.807, 2.05) is 0 Å². The second-order valence-electron chi connectivity index (χ2n) is 6.55. The van der Waals surface area contributed by atoms with Gasteiger partial charge >= 0.3 is 0 Å². The molecule has 2 heteroatoms. The van der Waals surface area contributed by atoms with Gasteiger partial charge < -0.3 is 0 Å². The van der Waals surface area contributed by atoms with Crippen molar-refractivity contribution in [2.75, 3.05) is 6.54 Å². The van der Waals surface area contributed by atoms with Gasteiger partial charge in [0.25, 0.3) is 0 Å². The lowest BCUT2D eigenvalue weighted by atomic mass is 9.69. The van der Waals surface area contributed by atoms with Gasteiger partial charge in [-0.05, 0) is 36.0 Å². The maximum atomic E-state index is 4.12. The van der Waals surface area contributed by atoms with Gasteiger partial charge in [-0.1, -0.05) is 73.6 Å². The zero-order valence-electron chi connectivity index (χ0n) is 13.4. The minimum Gasteiger partial charge on any atom is -0.267 e. The van der Waals surface area contributed by atoms with E-state index in [2.05, 4.69) is 59.1 Å². The standard InChI is InChI=1S/C16H35NS/c1-7-9-13(3)14(4)12-15(5)16(6,8-2)10-11-17-18/h13-15,17-18H,7-12H2,1-6H3. The first-order chi connectivity index (χ1) is 8.41. The SMILES string of the molecule is CCCC(C)C(C)CC(C)C(C)(CC)CCNS. The zero-order valence-corrected chi connectivity index (χ0v) is 14.3. The molecule has 18 heavy (non-hydrogen) atoms. The second-order valence-corrected chi connectivity index (χ2v) is 6.86. The van der Waals surface area contributed by atoms with Crippen LogP contribution in [0.4, 0.5) is 0 Å². The van der Waals surface area contributed by atoms with Crippen LogP contribution in [0.15, 0.2) is 0 Å². The molecule has 0 aliphatic carbocycles. The van der Waals surface area contributed by atoms with Gasteiger partial charge in [-0.3, -0.25) is 4.72 Å². The normalized spacial score (nSPS) is 20.2. The molecular weight excluding hydrogens is 238 g/mol. The van der Waals surface area contributed by atoms with Crippen molar-refractivity contribution < 1.29 is 0 Å². The van der Waals surface area contributed by atoms with E-state index in [-0.39, 0.29) is 0 Å². The highest BCUT2D eigenvalue weighted by Gasteiger charge is 2.30. The van der Waals surface area contributed by atoms with Crippen LogP contribution in [-0.4, -0.2) is 6.54 Å². The molecule has 0 fully saturated rings. The second kappa shape index (κ2) is 9.25. The Bertz CT molecular complexity index is 207. The Morgan fingerprint density at radius 1 is 1.11 bits per heavy atom. The van der Waals surface area contributed by atoms with E-state index in [1.54, 1.807) is 0 Å². The van der Waals surface area contributed by atoms with Crippen molar-refractivity contribution in [2.24, 2.45) is 23.2 Å². The molecule has 0 aromatic rings. The third-order valence-corrected chi connectivity index (χ3v) is 5.47. The first-order valence-corrected chi connectivity index (χ1v) is 8.22. The molecule has 1 nitrogen and oxygen atoms in total. The van der Waals surface area contributed by atoms with Gasteiger partial charge in [0.15, 0.2) is 0 Å². The molecule has 0 radical (unpaired) electrons. The third-order valence-electron chi connectivity index (χ3n) is 5.25. The average molecular weight is 274 g/mol. The summed E-state index contributed by atoms with van der Waals surface area (Å²) in [5.74, 6) is 2.50. The van der Waals surface area contributed by atoms with Gasteiger partial charge in [-0.15, -0.1) is 0 Å². The third kappa shape index (κ3) is 5.97. The van der Waals surface area contributed by atoms with Gasteiger partial charge in [0, 0.05) is 6.54 Å². The molecule has 4 unspecified atom stereocenters. The van der Waals surface area contributed by atoms with Crippen molar-refractivity contribution in [2.45, 2.75) is 73.6 Å². The minimum atomic E-state index is 0.454. The Hall–Kier alpha value is 0.310. The number of hydrogen-bond donors (Lipinski definition) is 2. The molecular formula is C16H35NS. The smallest absolute Gasteiger partial charge is 0.00614 e. The van der Waals surface area contributed by atoms with Gasteiger partial charge in [-0.2, -0.15) is 0 Å². The predicted octanol–water partition coefficient (Wildman–Crippen LogP) is 5.33. The molecule has 0 aliphatic rings. The van der Waals surface area contributed by atoms with Crippen LogP contribution in [-0.2, 0) is 0 Å². The number of rotatable bonds is 10. The molecule has 110 valence electrons. The van der Waals surface area contributed by atoms with Crippen molar-refractivity contribution >= 4 is 12.8 Å². The van der Waals surface area contributed by atoms with Crippen LogP contribution >= 0.6 is 12.8 Å². The van der Waals surface area contributed by atoms with Crippen molar-refractivity contribution in [3.63, 3.8) is 0 Å². The molecule has 0 rings (SSSR count). The first-order valence-electron chi connectivity index (χ1n) is 7.78. The van der Waals surface area contributed by atoms with Crippen molar-refractivity contribution in [1.82, 2.24) is 4.72 Å². The average Bonchev–Trinajstić information content (AvgIpc) is 2.35. The summed E-state index contributed by atoms with van der Waals surface area (Å²) in [4.78, 5) is 0. The predicted molar refractivity (Wildman–Crippen MR) is 87.0 cm³/mol. The number of hydrogen-bond acceptors (Lipinski definition) is 2. The monoisotopic (exact) mass is 273 g/mol. The van der Waals surface area contributed by atoms with Gasteiger partial charge in [0.2, 0.25) is 0 Å². The van der Waals surface area contributed by atoms with Crippen LogP contribution < -0.4 is 4.72 Å². The van der Waals surface area contributed by atoms with Gasteiger partial charge in [0.1, 0.15) is 0 Å². The maximum absolute atomic E-state index is 4.12. The summed E-state index contributed by atoms with van der Waals surface area (Å²) < 4.78 is 3.00. The highest BCUT2D eigenvalue weighted by molar-refractivity contribution is 7.78. The lowest BCUT2D eigenvalue weighted by Crippen LogP contribution is -2.30. The van der Waals surface area contributed by atoms with E-state index in [0.29, 0.717) is 5.41 Å². The largest absolute Gasteiger partial charge is 0.267 e. The summed E-state index contributed by atoms with van der Waals surface area (Å²) in [6, 6.07) is 0. The lowest BCUT2D eigenvalue weighted by Gasteiger charge is -2.37. The Kier molecular flexibility index (Phi) is 9.41. The fourth-order valence-electron chi connectivity index (χ4n) is 2.93. The van der Waals surface area contributed by atoms with Gasteiger partial charge in [0.05, 0.1) is 0 Å². The van der Waals surface area contributed by atoms with E-state index >= 15 is 0 Å². The quantitative estimate of drug-likeness (QED) is 0.513. The molecule has 0 aliphatic heterocycles. The Morgan fingerprint density at radius 3 is 2.17 bits per heavy atom. The minimum absolute atomic E-state index is 0.454. The molecule has 0 amide bonds.